The summed E-state index contributed by atoms with van der Waals surface area (Å²) in [6.07, 6.45) is 2.56. The molecule has 2 aliphatic heterocycles. The molecule has 2 aromatic rings. The molecule has 0 aliphatic carbocycles. The quantitative estimate of drug-likeness (QED) is 0.770. The lowest BCUT2D eigenvalue weighted by molar-refractivity contribution is -0.133. The predicted octanol–water partition coefficient (Wildman–Crippen LogP) is 1.63. The van der Waals surface area contributed by atoms with Crippen molar-refractivity contribution in [3.63, 3.8) is 0 Å². The van der Waals surface area contributed by atoms with Crippen molar-refractivity contribution in [2.24, 2.45) is 5.73 Å². The van der Waals surface area contributed by atoms with Gasteiger partial charge in [-0.15, -0.1) is 0 Å². The summed E-state index contributed by atoms with van der Waals surface area (Å²) in [7, 11) is 0. The number of hydrazine groups is 1. The second kappa shape index (κ2) is 7.72. The molecule has 1 fully saturated rings. The summed E-state index contributed by atoms with van der Waals surface area (Å²) in [6, 6.07) is 17.7. The third kappa shape index (κ3) is 3.75. The highest BCUT2D eigenvalue weighted by Gasteiger charge is 2.27. The number of carbonyl (C=O) groups is 1. The Bertz CT molecular complexity index is 827. The van der Waals surface area contributed by atoms with Crippen LogP contribution in [0, 0.1) is 0 Å². The molecular formula is C21H25N5O. The van der Waals surface area contributed by atoms with Crippen LogP contribution >= 0.6 is 0 Å². The van der Waals surface area contributed by atoms with Gasteiger partial charge in [0.05, 0.1) is 17.4 Å². The maximum atomic E-state index is 12.7. The first-order chi connectivity index (χ1) is 13.2. The number of nitrogens with one attached hydrogen (secondary N) is 2. The van der Waals surface area contributed by atoms with Crippen molar-refractivity contribution in [3.8, 4) is 0 Å². The first kappa shape index (κ1) is 17.4. The average molecular weight is 363 g/mol. The Morgan fingerprint density at radius 1 is 1.00 bits per heavy atom. The van der Waals surface area contributed by atoms with Crippen LogP contribution < -0.4 is 16.6 Å². The first-order valence-electron chi connectivity index (χ1n) is 9.37. The van der Waals surface area contributed by atoms with Gasteiger partial charge < -0.3 is 26.4 Å². The van der Waals surface area contributed by atoms with Crippen LogP contribution in [0.2, 0.25) is 0 Å². The number of hydrogen-bond donors (Lipinski definition) is 3. The zero-order chi connectivity index (χ0) is 18.6. The molecule has 0 saturated carbocycles. The van der Waals surface area contributed by atoms with E-state index in [-0.39, 0.29) is 5.91 Å². The normalized spacial score (nSPS) is 17.3. The summed E-state index contributed by atoms with van der Waals surface area (Å²) < 4.78 is 0. The molecule has 6 heteroatoms. The number of benzene rings is 2. The number of anilines is 1. The Morgan fingerprint density at radius 2 is 1.70 bits per heavy atom. The van der Waals surface area contributed by atoms with E-state index >= 15 is 0 Å². The Balaban J connectivity index is 1.36. The van der Waals surface area contributed by atoms with E-state index in [0.717, 1.165) is 30.0 Å². The van der Waals surface area contributed by atoms with E-state index in [1.807, 2.05) is 53.6 Å². The van der Waals surface area contributed by atoms with E-state index < -0.39 is 6.04 Å². The van der Waals surface area contributed by atoms with Gasteiger partial charge in [0.15, 0.2) is 0 Å². The van der Waals surface area contributed by atoms with Gasteiger partial charge in [-0.25, -0.2) is 0 Å². The Labute approximate surface area is 159 Å². The van der Waals surface area contributed by atoms with Crippen LogP contribution in [0.5, 0.6) is 0 Å². The molecule has 4 rings (SSSR count). The minimum atomic E-state index is -0.487. The zero-order valence-electron chi connectivity index (χ0n) is 15.3. The minimum absolute atomic E-state index is 0.0383. The summed E-state index contributed by atoms with van der Waals surface area (Å²) in [5.74, 6) is 0.0383. The second-order valence-electron chi connectivity index (χ2n) is 6.95. The van der Waals surface area contributed by atoms with E-state index in [9.17, 15) is 4.79 Å². The molecule has 6 nitrogen and oxygen atoms in total. The van der Waals surface area contributed by atoms with Crippen molar-refractivity contribution in [1.29, 1.82) is 0 Å². The molecule has 1 amide bonds. The number of carbonyl (C=O) groups excluding carboxylic acids is 1. The molecule has 0 radical (unpaired) electrons. The van der Waals surface area contributed by atoms with Gasteiger partial charge in [-0.05, 0) is 18.1 Å². The molecule has 1 atom stereocenters. The summed E-state index contributed by atoms with van der Waals surface area (Å²) >= 11 is 0. The maximum Gasteiger partial charge on any atom is 0.239 e. The van der Waals surface area contributed by atoms with Crippen molar-refractivity contribution in [1.82, 2.24) is 15.2 Å². The smallest absolute Gasteiger partial charge is 0.239 e. The van der Waals surface area contributed by atoms with Gasteiger partial charge in [-0.3, -0.25) is 4.79 Å². The Hall–Kier alpha value is -2.99. The van der Waals surface area contributed by atoms with Gasteiger partial charge in [0.1, 0.15) is 0 Å². The van der Waals surface area contributed by atoms with E-state index in [1.165, 1.54) is 5.56 Å². The van der Waals surface area contributed by atoms with Gasteiger partial charge in [0.25, 0.3) is 0 Å². The molecule has 140 valence electrons. The number of piperazine rings is 1. The van der Waals surface area contributed by atoms with Gasteiger partial charge in [0.2, 0.25) is 5.91 Å². The van der Waals surface area contributed by atoms with Crippen molar-refractivity contribution < 1.29 is 4.79 Å². The average Bonchev–Trinajstić information content (AvgIpc) is 2.73. The van der Waals surface area contributed by atoms with Crippen LogP contribution in [0.15, 0.2) is 60.8 Å². The van der Waals surface area contributed by atoms with E-state index in [4.69, 9.17) is 5.73 Å². The topological polar surface area (TPSA) is 73.6 Å². The SMILES string of the molecule is N[C@H](Cc1ccccc1)C(=O)N1CCN(C2=CNNc3ccccc32)CC1. The Morgan fingerprint density at radius 3 is 2.48 bits per heavy atom. The number of fused-ring (bicyclic) bond motifs is 1. The number of nitrogens with two attached hydrogens (primary N) is 1. The van der Waals surface area contributed by atoms with Crippen LogP contribution in [0.3, 0.4) is 0 Å². The first-order valence-corrected chi connectivity index (χ1v) is 9.37. The predicted molar refractivity (Wildman–Crippen MR) is 107 cm³/mol. The van der Waals surface area contributed by atoms with Crippen LogP contribution in [0.25, 0.3) is 5.70 Å². The molecule has 1 saturated heterocycles. The molecule has 2 aromatic carbocycles. The highest BCUT2D eigenvalue weighted by atomic mass is 16.2. The van der Waals surface area contributed by atoms with Crippen LogP contribution in [-0.4, -0.2) is 47.9 Å². The molecular weight excluding hydrogens is 338 g/mol. The number of para-hydroxylation sites is 1. The third-order valence-electron chi connectivity index (χ3n) is 5.17. The lowest BCUT2D eigenvalue weighted by Gasteiger charge is -2.39. The summed E-state index contributed by atoms with van der Waals surface area (Å²) in [6.45, 7) is 2.97. The highest BCUT2D eigenvalue weighted by molar-refractivity contribution is 5.82. The molecule has 0 unspecified atom stereocenters. The standard InChI is InChI=1S/C21H25N5O/c22-18(14-16-6-2-1-3-7-16)21(27)26-12-10-25(11-13-26)20-15-23-24-19-9-5-4-8-17(19)20/h1-9,15,18,23-24H,10-14,22H2/t18-/m1/s1. The second-order valence-corrected chi connectivity index (χ2v) is 6.95. The van der Waals surface area contributed by atoms with Gasteiger partial charge >= 0.3 is 0 Å². The highest BCUT2D eigenvalue weighted by Crippen LogP contribution is 2.29. The number of hydrogen-bond acceptors (Lipinski definition) is 5. The molecule has 0 bridgehead atoms. The van der Waals surface area contributed by atoms with E-state index in [0.29, 0.717) is 19.5 Å². The zero-order valence-corrected chi connectivity index (χ0v) is 15.3. The molecule has 0 aromatic heterocycles. The largest absolute Gasteiger partial charge is 0.366 e. The number of nitrogens with zero attached hydrogens (tertiary/aromatic N) is 2. The van der Waals surface area contributed by atoms with Crippen molar-refractivity contribution in [2.45, 2.75) is 12.5 Å². The summed E-state index contributed by atoms with van der Waals surface area (Å²) in [4.78, 5) is 16.9. The van der Waals surface area contributed by atoms with Crippen molar-refractivity contribution >= 4 is 17.3 Å². The molecule has 2 heterocycles. The molecule has 2 aliphatic rings. The molecule has 0 spiro atoms. The molecule has 4 N–H and O–H groups in total. The number of rotatable bonds is 4. The minimum Gasteiger partial charge on any atom is -0.366 e. The van der Waals surface area contributed by atoms with Gasteiger partial charge in [-0.2, -0.15) is 0 Å². The maximum absolute atomic E-state index is 12.7. The fraction of sp³-hybridized carbons (Fsp3) is 0.286. The summed E-state index contributed by atoms with van der Waals surface area (Å²) in [5.41, 5.74) is 17.0. The van der Waals surface area contributed by atoms with Crippen molar-refractivity contribution in [3.05, 3.63) is 71.9 Å². The van der Waals surface area contributed by atoms with Gasteiger partial charge in [0, 0.05) is 37.9 Å². The number of amides is 1. The molecule has 27 heavy (non-hydrogen) atoms. The fourth-order valence-corrected chi connectivity index (χ4v) is 3.69. The lowest BCUT2D eigenvalue weighted by Crippen LogP contribution is -2.53. The van der Waals surface area contributed by atoms with E-state index in [1.54, 1.807) is 0 Å². The fourth-order valence-electron chi connectivity index (χ4n) is 3.69. The van der Waals surface area contributed by atoms with Gasteiger partial charge in [-0.1, -0.05) is 48.5 Å². The van der Waals surface area contributed by atoms with Crippen LogP contribution in [0.1, 0.15) is 11.1 Å². The van der Waals surface area contributed by atoms with Crippen LogP contribution in [-0.2, 0) is 11.2 Å². The lowest BCUT2D eigenvalue weighted by atomic mass is 10.0. The third-order valence-corrected chi connectivity index (χ3v) is 5.17. The van der Waals surface area contributed by atoms with Crippen molar-refractivity contribution in [2.75, 3.05) is 31.6 Å². The van der Waals surface area contributed by atoms with E-state index in [2.05, 4.69) is 27.9 Å². The monoisotopic (exact) mass is 363 g/mol. The van der Waals surface area contributed by atoms with Crippen LogP contribution in [0.4, 0.5) is 5.69 Å². The summed E-state index contributed by atoms with van der Waals surface area (Å²) in [5, 5.41) is 0. The Kier molecular flexibility index (Phi) is 4.98.